The van der Waals surface area contributed by atoms with Crippen LogP contribution in [0.3, 0.4) is 0 Å². The van der Waals surface area contributed by atoms with Crippen LogP contribution in [0.5, 0.6) is 0 Å². The number of thiophene rings is 1. The molecule has 0 aromatic carbocycles. The number of nitrogens with two attached hydrogens (primary N) is 1. The van der Waals surface area contributed by atoms with Gasteiger partial charge in [-0.25, -0.2) is 0 Å². The smallest absolute Gasteiger partial charge is 0.236 e. The minimum Gasteiger partial charge on any atom is -0.340 e. The van der Waals surface area contributed by atoms with Crippen molar-refractivity contribution in [1.82, 2.24) is 9.80 Å². The molecule has 0 bridgehead atoms. The molecule has 1 aliphatic heterocycles. The van der Waals surface area contributed by atoms with Gasteiger partial charge >= 0.3 is 0 Å². The monoisotopic (exact) mass is 281 g/mol. The van der Waals surface area contributed by atoms with Gasteiger partial charge in [-0.1, -0.05) is 6.92 Å². The van der Waals surface area contributed by atoms with Crippen LogP contribution in [0, 0.1) is 5.92 Å². The van der Waals surface area contributed by atoms with Gasteiger partial charge in [0.15, 0.2) is 0 Å². The van der Waals surface area contributed by atoms with E-state index in [2.05, 4.69) is 23.3 Å². The average molecular weight is 281 g/mol. The van der Waals surface area contributed by atoms with Crippen LogP contribution in [0.1, 0.15) is 18.9 Å². The fourth-order valence-corrected chi connectivity index (χ4v) is 3.03. The van der Waals surface area contributed by atoms with Crippen molar-refractivity contribution in [2.45, 2.75) is 25.9 Å². The first-order chi connectivity index (χ1) is 9.06. The van der Waals surface area contributed by atoms with Crippen LogP contribution < -0.4 is 5.73 Å². The third kappa shape index (κ3) is 4.03. The van der Waals surface area contributed by atoms with Crippen molar-refractivity contribution in [1.29, 1.82) is 0 Å². The molecule has 2 unspecified atom stereocenters. The maximum absolute atomic E-state index is 12.2. The van der Waals surface area contributed by atoms with E-state index >= 15 is 0 Å². The number of hydrogen-bond acceptors (Lipinski definition) is 4. The van der Waals surface area contributed by atoms with Crippen molar-refractivity contribution in [2.24, 2.45) is 11.7 Å². The summed E-state index contributed by atoms with van der Waals surface area (Å²) in [5.41, 5.74) is 7.26. The molecule has 0 spiro atoms. The highest BCUT2D eigenvalue weighted by Crippen LogP contribution is 2.15. The van der Waals surface area contributed by atoms with Gasteiger partial charge in [0, 0.05) is 26.2 Å². The highest BCUT2D eigenvalue weighted by Gasteiger charge is 2.25. The fraction of sp³-hybridized carbons (Fsp3) is 0.643. The van der Waals surface area contributed by atoms with E-state index < -0.39 is 0 Å². The van der Waals surface area contributed by atoms with Crippen LogP contribution in [0.15, 0.2) is 16.8 Å². The zero-order valence-electron chi connectivity index (χ0n) is 11.7. The summed E-state index contributed by atoms with van der Waals surface area (Å²) in [7, 11) is 1.87. The highest BCUT2D eigenvalue weighted by molar-refractivity contribution is 7.07. The Balaban J connectivity index is 1.80. The molecule has 0 radical (unpaired) electrons. The van der Waals surface area contributed by atoms with Crippen molar-refractivity contribution in [3.05, 3.63) is 22.4 Å². The zero-order valence-corrected chi connectivity index (χ0v) is 12.5. The van der Waals surface area contributed by atoms with E-state index in [1.165, 1.54) is 5.56 Å². The Bertz CT molecular complexity index is 407. The summed E-state index contributed by atoms with van der Waals surface area (Å²) in [6, 6.07) is 2.26. The molecule has 4 nitrogen and oxygen atoms in total. The molecule has 1 amide bonds. The van der Waals surface area contributed by atoms with Gasteiger partial charge < -0.3 is 10.6 Å². The number of hydrogen-bond donors (Lipinski definition) is 1. The Labute approximate surface area is 119 Å². The molecule has 0 saturated carbocycles. The lowest BCUT2D eigenvalue weighted by molar-refractivity contribution is -0.132. The topological polar surface area (TPSA) is 49.6 Å². The number of piperidine rings is 1. The molecular weight excluding hydrogens is 258 g/mol. The quantitative estimate of drug-likeness (QED) is 0.907. The summed E-state index contributed by atoms with van der Waals surface area (Å²) in [6.45, 7) is 5.18. The Morgan fingerprint density at radius 2 is 2.42 bits per heavy atom. The molecule has 1 saturated heterocycles. The molecule has 1 fully saturated rings. The number of amides is 1. The first-order valence-corrected chi connectivity index (χ1v) is 7.73. The van der Waals surface area contributed by atoms with Crippen molar-refractivity contribution in [3.8, 4) is 0 Å². The third-order valence-corrected chi connectivity index (χ3v) is 4.62. The standard InChI is InChI=1S/C14H23N3OS/c1-11-3-5-17(8-13(11)15)9-14(18)16(2)7-12-4-6-19-10-12/h4,6,10-11,13H,3,5,7-9,15H2,1-2H3. The molecule has 2 heterocycles. The van der Waals surface area contributed by atoms with Gasteiger partial charge in [-0.2, -0.15) is 11.3 Å². The third-order valence-electron chi connectivity index (χ3n) is 3.89. The minimum atomic E-state index is 0.174. The Morgan fingerprint density at radius 1 is 1.63 bits per heavy atom. The maximum atomic E-state index is 12.2. The summed E-state index contributed by atoms with van der Waals surface area (Å²) < 4.78 is 0. The molecule has 2 N–H and O–H groups in total. The van der Waals surface area contributed by atoms with Crippen LogP contribution in [0.2, 0.25) is 0 Å². The van der Waals surface area contributed by atoms with E-state index in [0.29, 0.717) is 19.0 Å². The van der Waals surface area contributed by atoms with Crippen LogP contribution >= 0.6 is 11.3 Å². The lowest BCUT2D eigenvalue weighted by Crippen LogP contribution is -2.50. The van der Waals surface area contributed by atoms with Crippen molar-refractivity contribution < 1.29 is 4.79 Å². The predicted octanol–water partition coefficient (Wildman–Crippen LogP) is 1.38. The summed E-state index contributed by atoms with van der Waals surface area (Å²) in [6.07, 6.45) is 1.09. The summed E-state index contributed by atoms with van der Waals surface area (Å²) in [5, 5.41) is 4.13. The van der Waals surface area contributed by atoms with Gasteiger partial charge in [0.1, 0.15) is 0 Å². The van der Waals surface area contributed by atoms with E-state index in [1.54, 1.807) is 16.2 Å². The lowest BCUT2D eigenvalue weighted by atomic mass is 9.94. The van der Waals surface area contributed by atoms with Crippen molar-refractivity contribution in [3.63, 3.8) is 0 Å². The Morgan fingerprint density at radius 3 is 3.05 bits per heavy atom. The summed E-state index contributed by atoms with van der Waals surface area (Å²) in [5.74, 6) is 0.739. The molecule has 1 aliphatic rings. The molecule has 0 aliphatic carbocycles. The van der Waals surface area contributed by atoms with Gasteiger partial charge in [0.25, 0.3) is 0 Å². The second-order valence-electron chi connectivity index (χ2n) is 5.55. The first kappa shape index (κ1) is 14.5. The molecule has 5 heteroatoms. The Hall–Kier alpha value is -0.910. The minimum absolute atomic E-state index is 0.174. The molecule has 106 valence electrons. The Kier molecular flexibility index (Phi) is 4.96. The average Bonchev–Trinajstić information content (AvgIpc) is 2.86. The van der Waals surface area contributed by atoms with Gasteiger partial charge in [-0.15, -0.1) is 0 Å². The number of rotatable bonds is 4. The normalized spacial score (nSPS) is 24.4. The van der Waals surface area contributed by atoms with Crippen LogP contribution in [-0.4, -0.2) is 48.4 Å². The largest absolute Gasteiger partial charge is 0.340 e. The van der Waals surface area contributed by atoms with E-state index in [9.17, 15) is 4.79 Å². The first-order valence-electron chi connectivity index (χ1n) is 6.79. The van der Waals surface area contributed by atoms with Gasteiger partial charge in [-0.3, -0.25) is 9.69 Å². The number of likely N-dealkylation sites (tertiary alicyclic amines) is 1. The SMILES string of the molecule is CC1CCN(CC(=O)N(C)Cc2ccsc2)CC1N. The second-order valence-corrected chi connectivity index (χ2v) is 6.33. The predicted molar refractivity (Wildman–Crippen MR) is 79.0 cm³/mol. The lowest BCUT2D eigenvalue weighted by Gasteiger charge is -2.35. The van der Waals surface area contributed by atoms with Crippen LogP contribution in [-0.2, 0) is 11.3 Å². The van der Waals surface area contributed by atoms with Gasteiger partial charge in [0.2, 0.25) is 5.91 Å². The van der Waals surface area contributed by atoms with E-state index in [0.717, 1.165) is 19.5 Å². The number of carbonyl (C=O) groups excluding carboxylic acids is 1. The zero-order chi connectivity index (χ0) is 13.8. The van der Waals surface area contributed by atoms with E-state index in [-0.39, 0.29) is 11.9 Å². The molecule has 2 atom stereocenters. The van der Waals surface area contributed by atoms with Crippen LogP contribution in [0.4, 0.5) is 0 Å². The maximum Gasteiger partial charge on any atom is 0.236 e. The number of nitrogens with zero attached hydrogens (tertiary/aromatic N) is 2. The molecule has 1 aromatic rings. The second kappa shape index (κ2) is 6.50. The summed E-state index contributed by atoms with van der Waals surface area (Å²) >= 11 is 1.66. The van der Waals surface area contributed by atoms with Gasteiger partial charge in [0.05, 0.1) is 6.54 Å². The fourth-order valence-electron chi connectivity index (χ4n) is 2.37. The molecule has 2 rings (SSSR count). The summed E-state index contributed by atoms with van der Waals surface area (Å²) in [4.78, 5) is 16.1. The van der Waals surface area contributed by atoms with Gasteiger partial charge in [-0.05, 0) is 41.3 Å². The van der Waals surface area contributed by atoms with E-state index in [1.807, 2.05) is 12.4 Å². The molecule has 19 heavy (non-hydrogen) atoms. The van der Waals surface area contributed by atoms with Crippen molar-refractivity contribution >= 4 is 17.2 Å². The highest BCUT2D eigenvalue weighted by atomic mass is 32.1. The van der Waals surface area contributed by atoms with Crippen LogP contribution in [0.25, 0.3) is 0 Å². The molecule has 1 aromatic heterocycles. The number of likely N-dealkylation sites (N-methyl/N-ethyl adjacent to an activating group) is 1. The van der Waals surface area contributed by atoms with Crippen molar-refractivity contribution in [2.75, 3.05) is 26.7 Å². The number of carbonyl (C=O) groups is 1. The molecular formula is C14H23N3OS. The van der Waals surface area contributed by atoms with E-state index in [4.69, 9.17) is 5.73 Å².